The van der Waals surface area contributed by atoms with Crippen molar-refractivity contribution in [2.24, 2.45) is 0 Å². The number of ether oxygens (including phenoxy) is 2. The Morgan fingerprint density at radius 2 is 1.58 bits per heavy atom. The maximum Gasteiger partial charge on any atom is 0.324 e. The Hall–Kier alpha value is -1.84. The van der Waals surface area contributed by atoms with Crippen LogP contribution in [0.3, 0.4) is 0 Å². The van der Waals surface area contributed by atoms with Crippen LogP contribution in [-0.2, 0) is 19.1 Å². The number of aryl methyl sites for hydroxylation is 1. The second-order valence-electron chi connectivity index (χ2n) is 4.23. The van der Waals surface area contributed by atoms with Crippen molar-refractivity contribution in [3.05, 3.63) is 34.9 Å². The molecule has 0 atom stereocenters. The molecule has 4 heteroatoms. The SMILES string of the molecule is CCOC(=O)C(C(=O)OCC)c1cccc(C)c1C. The van der Waals surface area contributed by atoms with Gasteiger partial charge in [-0.2, -0.15) is 0 Å². The highest BCUT2D eigenvalue weighted by atomic mass is 16.6. The van der Waals surface area contributed by atoms with Crippen LogP contribution >= 0.6 is 0 Å². The molecule has 1 aromatic carbocycles. The third kappa shape index (κ3) is 3.56. The maximum atomic E-state index is 12.0. The lowest BCUT2D eigenvalue weighted by Crippen LogP contribution is -2.27. The summed E-state index contributed by atoms with van der Waals surface area (Å²) in [6.45, 7) is 7.72. The van der Waals surface area contributed by atoms with Crippen LogP contribution in [0.2, 0.25) is 0 Å². The Morgan fingerprint density at radius 3 is 2.05 bits per heavy atom. The summed E-state index contributed by atoms with van der Waals surface area (Å²) in [5.41, 5.74) is 2.58. The van der Waals surface area contributed by atoms with Gasteiger partial charge in [-0.3, -0.25) is 9.59 Å². The number of benzene rings is 1. The van der Waals surface area contributed by atoms with Crippen molar-refractivity contribution >= 4 is 11.9 Å². The molecule has 0 saturated carbocycles. The summed E-state index contributed by atoms with van der Waals surface area (Å²) in [4.78, 5) is 24.0. The van der Waals surface area contributed by atoms with Crippen LogP contribution < -0.4 is 0 Å². The second kappa shape index (κ2) is 6.92. The largest absolute Gasteiger partial charge is 0.465 e. The predicted molar refractivity (Wildman–Crippen MR) is 71.9 cm³/mol. The molecule has 0 spiro atoms. The van der Waals surface area contributed by atoms with E-state index >= 15 is 0 Å². The van der Waals surface area contributed by atoms with Gasteiger partial charge in [0.15, 0.2) is 5.92 Å². The number of hydrogen-bond acceptors (Lipinski definition) is 4. The van der Waals surface area contributed by atoms with E-state index in [2.05, 4.69) is 0 Å². The van der Waals surface area contributed by atoms with Gasteiger partial charge >= 0.3 is 11.9 Å². The minimum Gasteiger partial charge on any atom is -0.465 e. The van der Waals surface area contributed by atoms with Crippen LogP contribution in [0.5, 0.6) is 0 Å². The van der Waals surface area contributed by atoms with E-state index in [-0.39, 0.29) is 13.2 Å². The maximum absolute atomic E-state index is 12.0. The molecule has 1 rings (SSSR count). The topological polar surface area (TPSA) is 52.6 Å². The van der Waals surface area contributed by atoms with Crippen LogP contribution in [0.15, 0.2) is 18.2 Å². The summed E-state index contributed by atoms with van der Waals surface area (Å²) < 4.78 is 9.96. The number of esters is 2. The van der Waals surface area contributed by atoms with Gasteiger partial charge in [0.2, 0.25) is 0 Å². The summed E-state index contributed by atoms with van der Waals surface area (Å²) in [6.07, 6.45) is 0. The fourth-order valence-electron chi connectivity index (χ4n) is 1.89. The lowest BCUT2D eigenvalue weighted by Gasteiger charge is -2.17. The van der Waals surface area contributed by atoms with Crippen LogP contribution in [0, 0.1) is 13.8 Å². The molecule has 0 heterocycles. The molecule has 104 valence electrons. The van der Waals surface area contributed by atoms with E-state index in [0.717, 1.165) is 11.1 Å². The first kappa shape index (κ1) is 15.2. The first-order chi connectivity index (χ1) is 9.02. The first-order valence-electron chi connectivity index (χ1n) is 6.42. The van der Waals surface area contributed by atoms with Crippen molar-refractivity contribution in [3.8, 4) is 0 Å². The molecule has 0 aliphatic heterocycles. The predicted octanol–water partition coefficient (Wildman–Crippen LogP) is 2.51. The zero-order valence-corrected chi connectivity index (χ0v) is 11.9. The van der Waals surface area contributed by atoms with Gasteiger partial charge in [-0.1, -0.05) is 18.2 Å². The lowest BCUT2D eigenvalue weighted by atomic mass is 9.92. The van der Waals surface area contributed by atoms with Crippen LogP contribution in [0.25, 0.3) is 0 Å². The average molecular weight is 264 g/mol. The van der Waals surface area contributed by atoms with E-state index in [4.69, 9.17) is 9.47 Å². The Morgan fingerprint density at radius 1 is 1.05 bits per heavy atom. The van der Waals surface area contributed by atoms with Crippen molar-refractivity contribution in [3.63, 3.8) is 0 Å². The fraction of sp³-hybridized carbons (Fsp3) is 0.467. The number of carbonyl (C=O) groups is 2. The van der Waals surface area contributed by atoms with Gasteiger partial charge in [-0.05, 0) is 44.4 Å². The Labute approximate surface area is 113 Å². The van der Waals surface area contributed by atoms with Crippen molar-refractivity contribution in [2.45, 2.75) is 33.6 Å². The van der Waals surface area contributed by atoms with Gasteiger partial charge in [0.05, 0.1) is 13.2 Å². The standard InChI is InChI=1S/C15H20O4/c1-5-18-14(16)13(15(17)19-6-2)12-9-7-8-10(3)11(12)4/h7-9,13H,5-6H2,1-4H3. The quantitative estimate of drug-likeness (QED) is 0.605. The Kier molecular flexibility index (Phi) is 5.55. The molecule has 0 radical (unpaired) electrons. The van der Waals surface area contributed by atoms with E-state index in [1.54, 1.807) is 19.9 Å². The Balaban J connectivity index is 3.19. The summed E-state index contributed by atoms with van der Waals surface area (Å²) in [5, 5.41) is 0. The van der Waals surface area contributed by atoms with Crippen molar-refractivity contribution in [2.75, 3.05) is 13.2 Å². The molecule has 1 aromatic rings. The van der Waals surface area contributed by atoms with Gasteiger partial charge in [-0.15, -0.1) is 0 Å². The smallest absolute Gasteiger partial charge is 0.324 e. The third-order valence-electron chi connectivity index (χ3n) is 3.00. The molecule has 0 N–H and O–H groups in total. The minimum absolute atomic E-state index is 0.236. The van der Waals surface area contributed by atoms with E-state index < -0.39 is 17.9 Å². The molecule has 19 heavy (non-hydrogen) atoms. The molecule has 0 amide bonds. The molecule has 0 aliphatic rings. The summed E-state index contributed by atoms with van der Waals surface area (Å²) in [5.74, 6) is -2.12. The number of rotatable bonds is 5. The zero-order chi connectivity index (χ0) is 14.4. The normalized spacial score (nSPS) is 10.4. The first-order valence-corrected chi connectivity index (χ1v) is 6.42. The van der Waals surface area contributed by atoms with Crippen molar-refractivity contribution in [1.29, 1.82) is 0 Å². The van der Waals surface area contributed by atoms with Gasteiger partial charge < -0.3 is 9.47 Å². The molecule has 0 aliphatic carbocycles. The monoisotopic (exact) mass is 264 g/mol. The molecule has 4 nitrogen and oxygen atoms in total. The fourth-order valence-corrected chi connectivity index (χ4v) is 1.89. The van der Waals surface area contributed by atoms with Crippen molar-refractivity contribution < 1.29 is 19.1 Å². The van der Waals surface area contributed by atoms with Gasteiger partial charge in [-0.25, -0.2) is 0 Å². The molecular weight excluding hydrogens is 244 g/mol. The van der Waals surface area contributed by atoms with Crippen molar-refractivity contribution in [1.82, 2.24) is 0 Å². The van der Waals surface area contributed by atoms with E-state index in [0.29, 0.717) is 5.56 Å². The highest BCUT2D eigenvalue weighted by Gasteiger charge is 2.32. The minimum atomic E-state index is -1.00. The summed E-state index contributed by atoms with van der Waals surface area (Å²) in [6, 6.07) is 5.52. The summed E-state index contributed by atoms with van der Waals surface area (Å²) >= 11 is 0. The summed E-state index contributed by atoms with van der Waals surface area (Å²) in [7, 11) is 0. The highest BCUT2D eigenvalue weighted by Crippen LogP contribution is 2.25. The average Bonchev–Trinajstić information content (AvgIpc) is 2.35. The van der Waals surface area contributed by atoms with Gasteiger partial charge in [0, 0.05) is 0 Å². The third-order valence-corrected chi connectivity index (χ3v) is 3.00. The van der Waals surface area contributed by atoms with E-state index in [9.17, 15) is 9.59 Å². The van der Waals surface area contributed by atoms with Gasteiger partial charge in [0.25, 0.3) is 0 Å². The van der Waals surface area contributed by atoms with Gasteiger partial charge in [0.1, 0.15) is 0 Å². The molecule has 0 aromatic heterocycles. The number of hydrogen-bond donors (Lipinski definition) is 0. The van der Waals surface area contributed by atoms with Crippen LogP contribution in [0.1, 0.15) is 36.5 Å². The highest BCUT2D eigenvalue weighted by molar-refractivity contribution is 6.01. The molecule has 0 bridgehead atoms. The molecule has 0 fully saturated rings. The van der Waals surface area contributed by atoms with E-state index in [1.165, 1.54) is 0 Å². The second-order valence-corrected chi connectivity index (χ2v) is 4.23. The molecular formula is C15H20O4. The number of carbonyl (C=O) groups excluding carboxylic acids is 2. The van der Waals surface area contributed by atoms with E-state index in [1.807, 2.05) is 26.0 Å². The Bertz CT molecular complexity index is 447. The zero-order valence-electron chi connectivity index (χ0n) is 11.9. The lowest BCUT2D eigenvalue weighted by molar-refractivity contribution is -0.156. The van der Waals surface area contributed by atoms with Crippen LogP contribution in [0.4, 0.5) is 0 Å². The molecule has 0 saturated heterocycles. The molecule has 0 unspecified atom stereocenters. The van der Waals surface area contributed by atoms with Crippen LogP contribution in [-0.4, -0.2) is 25.2 Å².